The highest BCUT2D eigenvalue weighted by molar-refractivity contribution is 5.79. The lowest BCUT2D eigenvalue weighted by molar-refractivity contribution is 0.307. The van der Waals surface area contributed by atoms with Crippen molar-refractivity contribution >= 4 is 5.96 Å². The molecule has 0 atom stereocenters. The molecule has 110 valence electrons. The van der Waals surface area contributed by atoms with Gasteiger partial charge in [0, 0.05) is 20.1 Å². The van der Waals surface area contributed by atoms with Crippen LogP contribution in [0.5, 0.6) is 5.75 Å². The van der Waals surface area contributed by atoms with E-state index in [2.05, 4.69) is 41.3 Å². The summed E-state index contributed by atoms with van der Waals surface area (Å²) in [4.78, 5) is 4.11. The van der Waals surface area contributed by atoms with E-state index in [-0.39, 0.29) is 0 Å². The molecular formula is C16H25N3O. The third-order valence-electron chi connectivity index (χ3n) is 2.79. The molecule has 2 N–H and O–H groups in total. The van der Waals surface area contributed by atoms with E-state index < -0.39 is 0 Å². The third-order valence-corrected chi connectivity index (χ3v) is 2.79. The molecule has 1 aromatic rings. The van der Waals surface area contributed by atoms with E-state index in [1.165, 1.54) is 5.56 Å². The zero-order chi connectivity index (χ0) is 14.6. The Morgan fingerprint density at radius 1 is 1.25 bits per heavy atom. The minimum Gasteiger partial charge on any atom is -0.494 e. The minimum atomic E-state index is 0.718. The molecule has 0 aliphatic heterocycles. The first-order valence-corrected chi connectivity index (χ1v) is 7.01. The Hall–Kier alpha value is -1.97. The Bertz CT molecular complexity index is 412. The molecule has 0 unspecified atom stereocenters. The van der Waals surface area contributed by atoms with Gasteiger partial charge >= 0.3 is 0 Å². The number of rotatable bonds is 8. The molecule has 4 nitrogen and oxygen atoms in total. The van der Waals surface area contributed by atoms with Gasteiger partial charge in [-0.25, -0.2) is 0 Å². The van der Waals surface area contributed by atoms with Crippen LogP contribution in [0.3, 0.4) is 0 Å². The fourth-order valence-electron chi connectivity index (χ4n) is 1.65. The number of nitrogens with one attached hydrogen (secondary N) is 2. The van der Waals surface area contributed by atoms with E-state index in [1.807, 2.05) is 18.2 Å². The second-order valence-electron chi connectivity index (χ2n) is 4.54. The summed E-state index contributed by atoms with van der Waals surface area (Å²) in [6, 6.07) is 8.14. The Labute approximate surface area is 121 Å². The first-order chi connectivity index (χ1) is 9.76. The van der Waals surface area contributed by atoms with Gasteiger partial charge in [-0.05, 0) is 31.9 Å². The van der Waals surface area contributed by atoms with Crippen molar-refractivity contribution in [1.82, 2.24) is 10.6 Å². The molecule has 0 saturated carbocycles. The van der Waals surface area contributed by atoms with Gasteiger partial charge in [0.05, 0.1) is 6.61 Å². The second kappa shape index (κ2) is 9.89. The van der Waals surface area contributed by atoms with E-state index >= 15 is 0 Å². The molecule has 0 spiro atoms. The Morgan fingerprint density at radius 3 is 2.65 bits per heavy atom. The van der Waals surface area contributed by atoms with Gasteiger partial charge in [-0.1, -0.05) is 23.8 Å². The van der Waals surface area contributed by atoms with E-state index in [0.29, 0.717) is 0 Å². The van der Waals surface area contributed by atoms with Crippen molar-refractivity contribution < 1.29 is 4.74 Å². The quantitative estimate of drug-likeness (QED) is 0.332. The van der Waals surface area contributed by atoms with Crippen LogP contribution in [0.2, 0.25) is 0 Å². The Morgan fingerprint density at radius 2 is 2.00 bits per heavy atom. The molecule has 1 rings (SSSR count). The molecule has 0 saturated heterocycles. The minimum absolute atomic E-state index is 0.718. The van der Waals surface area contributed by atoms with Crippen LogP contribution in [-0.4, -0.2) is 32.7 Å². The van der Waals surface area contributed by atoms with E-state index in [9.17, 15) is 0 Å². The molecule has 20 heavy (non-hydrogen) atoms. The molecule has 0 aliphatic rings. The summed E-state index contributed by atoms with van der Waals surface area (Å²) in [6.45, 7) is 8.07. The van der Waals surface area contributed by atoms with Gasteiger partial charge in [-0.15, -0.1) is 6.58 Å². The summed E-state index contributed by atoms with van der Waals surface area (Å²) in [7, 11) is 1.76. The molecule has 0 radical (unpaired) electrons. The zero-order valence-electron chi connectivity index (χ0n) is 12.5. The summed E-state index contributed by atoms with van der Waals surface area (Å²) in [5, 5.41) is 6.38. The molecule has 0 bridgehead atoms. The summed E-state index contributed by atoms with van der Waals surface area (Å²) < 4.78 is 5.67. The van der Waals surface area contributed by atoms with Crippen molar-refractivity contribution in [2.45, 2.75) is 19.8 Å². The smallest absolute Gasteiger partial charge is 0.191 e. The van der Waals surface area contributed by atoms with Crippen molar-refractivity contribution in [3.8, 4) is 5.75 Å². The Balaban J connectivity index is 2.07. The SMILES string of the molecule is C=CCNC(=NC)NCCCCOc1ccc(C)cc1. The lowest BCUT2D eigenvalue weighted by atomic mass is 10.2. The molecular weight excluding hydrogens is 250 g/mol. The average Bonchev–Trinajstić information content (AvgIpc) is 2.47. The van der Waals surface area contributed by atoms with Gasteiger partial charge in [-0.3, -0.25) is 4.99 Å². The number of aryl methyl sites for hydroxylation is 1. The monoisotopic (exact) mass is 275 g/mol. The van der Waals surface area contributed by atoms with Crippen molar-refractivity contribution in [2.75, 3.05) is 26.7 Å². The first-order valence-electron chi connectivity index (χ1n) is 7.01. The molecule has 0 amide bonds. The summed E-state index contributed by atoms with van der Waals surface area (Å²) in [5.74, 6) is 1.75. The maximum atomic E-state index is 5.67. The van der Waals surface area contributed by atoms with Crippen LogP contribution in [0.1, 0.15) is 18.4 Å². The van der Waals surface area contributed by atoms with Gasteiger partial charge in [0.1, 0.15) is 5.75 Å². The number of benzene rings is 1. The standard InChI is InChI=1S/C16H25N3O/c1-4-11-18-16(17-3)19-12-5-6-13-20-15-9-7-14(2)8-10-15/h4,7-10H,1,5-6,11-13H2,2-3H3,(H2,17,18,19). The van der Waals surface area contributed by atoms with Gasteiger partial charge in [0.15, 0.2) is 5.96 Å². The lowest BCUT2D eigenvalue weighted by Gasteiger charge is -2.10. The van der Waals surface area contributed by atoms with Crippen LogP contribution in [0.15, 0.2) is 41.9 Å². The average molecular weight is 275 g/mol. The van der Waals surface area contributed by atoms with Gasteiger partial charge in [-0.2, -0.15) is 0 Å². The summed E-state index contributed by atoms with van der Waals surface area (Å²) >= 11 is 0. The largest absolute Gasteiger partial charge is 0.494 e. The van der Waals surface area contributed by atoms with Gasteiger partial charge in [0.25, 0.3) is 0 Å². The summed E-state index contributed by atoms with van der Waals surface area (Å²) in [6.07, 6.45) is 3.86. The summed E-state index contributed by atoms with van der Waals surface area (Å²) in [5.41, 5.74) is 1.25. The van der Waals surface area contributed by atoms with Crippen LogP contribution in [0.4, 0.5) is 0 Å². The maximum absolute atomic E-state index is 5.67. The fraction of sp³-hybridized carbons (Fsp3) is 0.438. The molecule has 1 aromatic carbocycles. The maximum Gasteiger partial charge on any atom is 0.191 e. The molecule has 0 aliphatic carbocycles. The number of hydrogen-bond acceptors (Lipinski definition) is 2. The third kappa shape index (κ3) is 6.83. The van der Waals surface area contributed by atoms with Crippen molar-refractivity contribution in [2.24, 2.45) is 4.99 Å². The van der Waals surface area contributed by atoms with Crippen LogP contribution in [0.25, 0.3) is 0 Å². The molecule has 0 aromatic heterocycles. The van der Waals surface area contributed by atoms with Gasteiger partial charge in [0.2, 0.25) is 0 Å². The van der Waals surface area contributed by atoms with E-state index in [1.54, 1.807) is 7.05 Å². The number of aliphatic imine (C=N–C) groups is 1. The number of unbranched alkanes of at least 4 members (excludes halogenated alkanes) is 1. The number of guanidine groups is 1. The highest BCUT2D eigenvalue weighted by Crippen LogP contribution is 2.11. The lowest BCUT2D eigenvalue weighted by Crippen LogP contribution is -2.37. The van der Waals surface area contributed by atoms with Crippen molar-refractivity contribution in [3.05, 3.63) is 42.5 Å². The highest BCUT2D eigenvalue weighted by Gasteiger charge is 1.96. The van der Waals surface area contributed by atoms with Crippen LogP contribution >= 0.6 is 0 Å². The predicted molar refractivity (Wildman–Crippen MR) is 85.5 cm³/mol. The number of nitrogens with zero attached hydrogens (tertiary/aromatic N) is 1. The molecule has 0 fully saturated rings. The van der Waals surface area contributed by atoms with Crippen LogP contribution in [0, 0.1) is 6.92 Å². The normalized spacial score (nSPS) is 11.0. The zero-order valence-corrected chi connectivity index (χ0v) is 12.5. The molecule has 0 heterocycles. The predicted octanol–water partition coefficient (Wildman–Crippen LogP) is 2.51. The van der Waals surface area contributed by atoms with Crippen LogP contribution < -0.4 is 15.4 Å². The highest BCUT2D eigenvalue weighted by atomic mass is 16.5. The van der Waals surface area contributed by atoms with Crippen molar-refractivity contribution in [3.63, 3.8) is 0 Å². The topological polar surface area (TPSA) is 45.7 Å². The molecule has 4 heteroatoms. The van der Waals surface area contributed by atoms with E-state index in [4.69, 9.17) is 4.74 Å². The van der Waals surface area contributed by atoms with Gasteiger partial charge < -0.3 is 15.4 Å². The number of hydrogen-bond donors (Lipinski definition) is 2. The van der Waals surface area contributed by atoms with Crippen molar-refractivity contribution in [1.29, 1.82) is 0 Å². The fourth-order valence-corrected chi connectivity index (χ4v) is 1.65. The van der Waals surface area contributed by atoms with Crippen LogP contribution in [-0.2, 0) is 0 Å². The Kier molecular flexibility index (Phi) is 7.96. The van der Waals surface area contributed by atoms with E-state index in [0.717, 1.165) is 44.2 Å². The first kappa shape index (κ1) is 16.1. The number of ether oxygens (including phenoxy) is 1. The second-order valence-corrected chi connectivity index (χ2v) is 4.54.